The molecule has 5 nitrogen and oxygen atoms in total. The standard InChI is InChI=1S/C22H24N2O3S/c1-4-23(3)22(26)27-18-10-11-20-19(15-18)24(21(28-20)14-16(2)25)13-12-17-8-6-5-7-9-17/h5-11,14-15H,4,12-13H2,1-3H3/b21-14-. The molecule has 0 saturated heterocycles. The Kier molecular flexibility index (Phi) is 6.41. The second-order valence-corrected chi connectivity index (χ2v) is 7.66. The zero-order valence-electron chi connectivity index (χ0n) is 16.3. The Hall–Kier alpha value is -2.73. The topological polar surface area (TPSA) is 49.9 Å². The first kappa shape index (κ1) is 20.0. The predicted molar refractivity (Wildman–Crippen MR) is 113 cm³/mol. The number of carbonyl (C=O) groups excluding carboxylic acids is 2. The van der Waals surface area contributed by atoms with Crippen LogP contribution in [-0.4, -0.2) is 36.9 Å². The molecule has 0 spiro atoms. The van der Waals surface area contributed by atoms with Gasteiger partial charge in [0.1, 0.15) is 5.75 Å². The monoisotopic (exact) mass is 396 g/mol. The van der Waals surface area contributed by atoms with E-state index in [2.05, 4.69) is 17.0 Å². The Bertz CT molecular complexity index is 896. The number of benzene rings is 2. The van der Waals surface area contributed by atoms with E-state index in [4.69, 9.17) is 4.74 Å². The van der Waals surface area contributed by atoms with Crippen molar-refractivity contribution >= 4 is 29.3 Å². The van der Waals surface area contributed by atoms with E-state index in [1.54, 1.807) is 37.9 Å². The molecule has 0 aromatic heterocycles. The van der Waals surface area contributed by atoms with Crippen LogP contribution >= 0.6 is 11.8 Å². The van der Waals surface area contributed by atoms with Crippen molar-refractivity contribution in [3.63, 3.8) is 0 Å². The summed E-state index contributed by atoms with van der Waals surface area (Å²) in [5, 5.41) is 0.896. The van der Waals surface area contributed by atoms with Crippen LogP contribution in [0.2, 0.25) is 0 Å². The molecule has 2 aromatic rings. The second-order valence-electron chi connectivity index (χ2n) is 6.59. The lowest BCUT2D eigenvalue weighted by Gasteiger charge is -2.21. The van der Waals surface area contributed by atoms with Crippen molar-refractivity contribution in [1.82, 2.24) is 4.90 Å². The molecule has 6 heteroatoms. The highest BCUT2D eigenvalue weighted by molar-refractivity contribution is 8.03. The van der Waals surface area contributed by atoms with Crippen molar-refractivity contribution in [2.75, 3.05) is 25.0 Å². The van der Waals surface area contributed by atoms with Crippen LogP contribution in [0, 0.1) is 0 Å². The number of nitrogens with zero attached hydrogens (tertiary/aromatic N) is 2. The summed E-state index contributed by atoms with van der Waals surface area (Å²) in [6, 6.07) is 15.8. The number of rotatable bonds is 6. The van der Waals surface area contributed by atoms with E-state index in [1.165, 1.54) is 10.5 Å². The Morgan fingerprint density at radius 2 is 1.93 bits per heavy atom. The number of allylic oxidation sites excluding steroid dienone is 1. The van der Waals surface area contributed by atoms with Crippen LogP contribution in [0.15, 0.2) is 64.5 Å². The third kappa shape index (κ3) is 4.75. The zero-order chi connectivity index (χ0) is 20.1. The van der Waals surface area contributed by atoms with Crippen LogP contribution in [0.4, 0.5) is 10.5 Å². The second kappa shape index (κ2) is 8.97. The Morgan fingerprint density at radius 3 is 2.61 bits per heavy atom. The van der Waals surface area contributed by atoms with Gasteiger partial charge in [-0.05, 0) is 38.0 Å². The molecule has 1 amide bonds. The van der Waals surface area contributed by atoms with Gasteiger partial charge in [-0.3, -0.25) is 4.79 Å². The van der Waals surface area contributed by atoms with Crippen molar-refractivity contribution in [2.24, 2.45) is 0 Å². The minimum absolute atomic E-state index is 0.0104. The molecule has 1 heterocycles. The molecule has 1 aliphatic rings. The van der Waals surface area contributed by atoms with Crippen LogP contribution in [0.3, 0.4) is 0 Å². The molecule has 0 radical (unpaired) electrons. The van der Waals surface area contributed by atoms with Gasteiger partial charge in [0, 0.05) is 37.2 Å². The summed E-state index contributed by atoms with van der Waals surface area (Å²) in [7, 11) is 1.70. The van der Waals surface area contributed by atoms with Gasteiger partial charge in [0.05, 0.1) is 10.7 Å². The fourth-order valence-corrected chi connectivity index (χ4v) is 4.01. The van der Waals surface area contributed by atoms with Gasteiger partial charge in [0.25, 0.3) is 0 Å². The molecule has 28 heavy (non-hydrogen) atoms. The van der Waals surface area contributed by atoms with E-state index >= 15 is 0 Å². The summed E-state index contributed by atoms with van der Waals surface area (Å²) < 4.78 is 5.48. The van der Waals surface area contributed by atoms with Gasteiger partial charge in [0.2, 0.25) is 0 Å². The van der Waals surface area contributed by atoms with Gasteiger partial charge in [-0.25, -0.2) is 4.79 Å². The summed E-state index contributed by atoms with van der Waals surface area (Å²) in [5.41, 5.74) is 2.19. The molecule has 146 valence electrons. The average Bonchev–Trinajstić information content (AvgIpc) is 3.02. The molecule has 0 atom stereocenters. The molecule has 0 saturated carbocycles. The number of anilines is 1. The maximum atomic E-state index is 12.1. The minimum Gasteiger partial charge on any atom is -0.410 e. The first-order valence-corrected chi connectivity index (χ1v) is 10.1. The van der Waals surface area contributed by atoms with E-state index in [1.807, 2.05) is 37.3 Å². The number of ketones is 1. The molecular formula is C22H24N2O3S. The van der Waals surface area contributed by atoms with Crippen molar-refractivity contribution in [2.45, 2.75) is 25.2 Å². The average molecular weight is 397 g/mol. The quantitative estimate of drug-likeness (QED) is 0.661. The highest BCUT2D eigenvalue weighted by atomic mass is 32.2. The van der Waals surface area contributed by atoms with Crippen LogP contribution in [-0.2, 0) is 11.2 Å². The van der Waals surface area contributed by atoms with Crippen molar-refractivity contribution in [3.8, 4) is 5.75 Å². The normalized spacial score (nSPS) is 14.1. The third-order valence-electron chi connectivity index (χ3n) is 4.49. The number of thioether (sulfide) groups is 1. The molecule has 1 aliphatic heterocycles. The lowest BCUT2D eigenvalue weighted by Crippen LogP contribution is -2.29. The Balaban J connectivity index is 1.85. The molecule has 0 bridgehead atoms. The number of amides is 1. The van der Waals surface area contributed by atoms with Gasteiger partial charge in [-0.15, -0.1) is 0 Å². The van der Waals surface area contributed by atoms with E-state index in [0.717, 1.165) is 28.6 Å². The molecular weight excluding hydrogens is 372 g/mol. The number of fused-ring (bicyclic) bond motifs is 1. The molecule has 0 aliphatic carbocycles. The summed E-state index contributed by atoms with van der Waals surface area (Å²) in [6.07, 6.45) is 2.12. The fourth-order valence-electron chi connectivity index (χ4n) is 2.85. The summed E-state index contributed by atoms with van der Waals surface area (Å²) in [6.45, 7) is 4.76. The van der Waals surface area contributed by atoms with Crippen LogP contribution in [0.25, 0.3) is 0 Å². The molecule has 0 N–H and O–H groups in total. The fraction of sp³-hybridized carbons (Fsp3) is 0.273. The largest absolute Gasteiger partial charge is 0.414 e. The van der Waals surface area contributed by atoms with Gasteiger partial charge in [-0.2, -0.15) is 0 Å². The molecule has 3 rings (SSSR count). The maximum absolute atomic E-state index is 12.1. The van der Waals surface area contributed by atoms with E-state index < -0.39 is 0 Å². The van der Waals surface area contributed by atoms with Gasteiger partial charge in [-0.1, -0.05) is 42.1 Å². The first-order valence-electron chi connectivity index (χ1n) is 9.26. The Labute approximate surface area is 170 Å². The lowest BCUT2D eigenvalue weighted by molar-refractivity contribution is -0.112. The molecule has 0 fully saturated rings. The van der Waals surface area contributed by atoms with Gasteiger partial charge in [0.15, 0.2) is 5.78 Å². The number of hydrogen-bond acceptors (Lipinski definition) is 5. The first-order chi connectivity index (χ1) is 13.5. The molecule has 2 aromatic carbocycles. The minimum atomic E-state index is -0.386. The van der Waals surface area contributed by atoms with Crippen LogP contribution in [0.1, 0.15) is 19.4 Å². The van der Waals surface area contributed by atoms with Crippen molar-refractivity contribution in [3.05, 3.63) is 65.2 Å². The predicted octanol–water partition coefficient (Wildman–Crippen LogP) is 4.72. The highest BCUT2D eigenvalue weighted by Crippen LogP contribution is 2.47. The van der Waals surface area contributed by atoms with Crippen LogP contribution < -0.4 is 9.64 Å². The summed E-state index contributed by atoms with van der Waals surface area (Å²) in [5.74, 6) is 0.509. The lowest BCUT2D eigenvalue weighted by atomic mass is 10.1. The van der Waals surface area contributed by atoms with Gasteiger partial charge >= 0.3 is 6.09 Å². The zero-order valence-corrected chi connectivity index (χ0v) is 17.2. The van der Waals surface area contributed by atoms with Crippen molar-refractivity contribution in [1.29, 1.82) is 0 Å². The van der Waals surface area contributed by atoms with E-state index in [0.29, 0.717) is 12.3 Å². The van der Waals surface area contributed by atoms with Crippen molar-refractivity contribution < 1.29 is 14.3 Å². The van der Waals surface area contributed by atoms with E-state index in [-0.39, 0.29) is 11.9 Å². The Morgan fingerprint density at radius 1 is 1.18 bits per heavy atom. The number of hydrogen-bond donors (Lipinski definition) is 0. The SMILES string of the molecule is CCN(C)C(=O)Oc1ccc2c(c1)N(CCc1ccccc1)/C(=C/C(C)=O)S2. The molecule has 0 unspecified atom stereocenters. The highest BCUT2D eigenvalue weighted by Gasteiger charge is 2.26. The van der Waals surface area contributed by atoms with Gasteiger partial charge < -0.3 is 14.5 Å². The van der Waals surface area contributed by atoms with E-state index in [9.17, 15) is 9.59 Å². The maximum Gasteiger partial charge on any atom is 0.414 e. The number of ether oxygens (including phenoxy) is 1. The van der Waals surface area contributed by atoms with Crippen LogP contribution in [0.5, 0.6) is 5.75 Å². The smallest absolute Gasteiger partial charge is 0.410 e. The third-order valence-corrected chi connectivity index (χ3v) is 5.60. The summed E-state index contributed by atoms with van der Waals surface area (Å²) >= 11 is 1.56. The number of carbonyl (C=O) groups is 2. The summed E-state index contributed by atoms with van der Waals surface area (Å²) in [4.78, 5) is 28.5.